The van der Waals surface area contributed by atoms with Gasteiger partial charge in [-0.3, -0.25) is 4.79 Å². The van der Waals surface area contributed by atoms with Crippen molar-refractivity contribution in [3.8, 4) is 17.1 Å². The lowest BCUT2D eigenvalue weighted by Crippen LogP contribution is -2.33. The quantitative estimate of drug-likeness (QED) is 0.702. The first-order valence-corrected chi connectivity index (χ1v) is 9.21. The highest BCUT2D eigenvalue weighted by molar-refractivity contribution is 5.93. The second-order valence-electron chi connectivity index (χ2n) is 6.35. The topological polar surface area (TPSA) is 67.6 Å². The fourth-order valence-corrected chi connectivity index (χ4v) is 2.80. The van der Waals surface area contributed by atoms with Gasteiger partial charge in [-0.15, -0.1) is 0 Å². The molecule has 0 spiro atoms. The van der Waals surface area contributed by atoms with E-state index in [1.54, 1.807) is 13.2 Å². The van der Waals surface area contributed by atoms with Crippen molar-refractivity contribution in [1.29, 1.82) is 0 Å². The Kier molecular flexibility index (Phi) is 7.66. The minimum absolute atomic E-state index is 0.0965. The van der Waals surface area contributed by atoms with Gasteiger partial charge in [0.15, 0.2) is 11.5 Å². The third-order valence-electron chi connectivity index (χ3n) is 4.50. The number of hydrogen-bond acceptors (Lipinski definition) is 5. The lowest BCUT2D eigenvalue weighted by molar-refractivity contribution is 0.0928. The molecule has 142 valence electrons. The highest BCUT2D eigenvalue weighted by Crippen LogP contribution is 2.23. The Morgan fingerprint density at radius 1 is 1.27 bits per heavy atom. The van der Waals surface area contributed by atoms with Crippen LogP contribution in [0.5, 0.6) is 5.75 Å². The van der Waals surface area contributed by atoms with E-state index in [2.05, 4.69) is 29.2 Å². The maximum absolute atomic E-state index is 12.3. The van der Waals surface area contributed by atoms with Crippen molar-refractivity contribution in [3.63, 3.8) is 0 Å². The first-order valence-electron chi connectivity index (χ1n) is 9.21. The number of nitrogens with zero attached hydrogens (tertiary/aromatic N) is 2. The molecule has 1 aromatic heterocycles. The molecule has 0 aliphatic heterocycles. The zero-order valence-electron chi connectivity index (χ0n) is 16.1. The van der Waals surface area contributed by atoms with Gasteiger partial charge in [0.25, 0.3) is 5.91 Å². The summed E-state index contributed by atoms with van der Waals surface area (Å²) in [6, 6.07) is 9.19. The third kappa shape index (κ3) is 5.59. The summed E-state index contributed by atoms with van der Waals surface area (Å²) in [5.74, 6) is 1.13. The van der Waals surface area contributed by atoms with Crippen LogP contribution in [-0.2, 0) is 0 Å². The van der Waals surface area contributed by atoms with Crippen molar-refractivity contribution in [2.24, 2.45) is 0 Å². The second kappa shape index (κ2) is 9.97. The van der Waals surface area contributed by atoms with Gasteiger partial charge in [-0.25, -0.2) is 0 Å². The van der Waals surface area contributed by atoms with Crippen LogP contribution in [0.4, 0.5) is 0 Å². The molecular formula is C20H29N3O3. The van der Waals surface area contributed by atoms with Crippen LogP contribution in [0.2, 0.25) is 0 Å². The van der Waals surface area contributed by atoms with E-state index in [4.69, 9.17) is 9.26 Å². The van der Waals surface area contributed by atoms with Gasteiger partial charge in [-0.05, 0) is 63.7 Å². The van der Waals surface area contributed by atoms with Gasteiger partial charge < -0.3 is 19.5 Å². The number of methoxy groups -OCH3 is 1. The van der Waals surface area contributed by atoms with Gasteiger partial charge in [0.2, 0.25) is 0 Å². The van der Waals surface area contributed by atoms with E-state index in [0.717, 1.165) is 43.8 Å². The van der Waals surface area contributed by atoms with Crippen molar-refractivity contribution < 1.29 is 14.1 Å². The van der Waals surface area contributed by atoms with Crippen molar-refractivity contribution in [2.45, 2.75) is 39.7 Å². The van der Waals surface area contributed by atoms with Crippen LogP contribution in [0.15, 0.2) is 34.9 Å². The molecule has 0 fully saturated rings. The molecule has 0 radical (unpaired) electrons. The minimum Gasteiger partial charge on any atom is -0.497 e. The summed E-state index contributed by atoms with van der Waals surface area (Å²) in [7, 11) is 1.62. The summed E-state index contributed by atoms with van der Waals surface area (Å²) in [6.45, 7) is 9.53. The summed E-state index contributed by atoms with van der Waals surface area (Å²) in [5.41, 5.74) is 1.15. The number of ether oxygens (including phenoxy) is 1. The number of benzene rings is 1. The summed E-state index contributed by atoms with van der Waals surface area (Å²) in [4.78, 5) is 14.7. The SMILES string of the molecule is CCN(CC)CCCC(C)NC(=O)c1cc(-c2ccc(OC)cc2)on1. The molecule has 1 unspecified atom stereocenters. The molecule has 0 saturated heterocycles. The highest BCUT2D eigenvalue weighted by Gasteiger charge is 2.16. The van der Waals surface area contributed by atoms with E-state index in [1.807, 2.05) is 31.2 Å². The molecule has 6 nitrogen and oxygen atoms in total. The average Bonchev–Trinajstić information content (AvgIpc) is 3.15. The molecule has 2 aromatic rings. The fourth-order valence-electron chi connectivity index (χ4n) is 2.80. The number of hydrogen-bond donors (Lipinski definition) is 1. The van der Waals surface area contributed by atoms with Crippen LogP contribution in [0.25, 0.3) is 11.3 Å². The van der Waals surface area contributed by atoms with E-state index >= 15 is 0 Å². The van der Waals surface area contributed by atoms with Crippen LogP contribution in [0, 0.1) is 0 Å². The van der Waals surface area contributed by atoms with Gasteiger partial charge in [0, 0.05) is 17.7 Å². The Hall–Kier alpha value is -2.34. The van der Waals surface area contributed by atoms with Crippen molar-refractivity contribution in [2.75, 3.05) is 26.7 Å². The molecule has 1 heterocycles. The molecule has 0 bridgehead atoms. The van der Waals surface area contributed by atoms with E-state index < -0.39 is 0 Å². The predicted molar refractivity (Wildman–Crippen MR) is 102 cm³/mol. The smallest absolute Gasteiger partial charge is 0.273 e. The number of carbonyl (C=O) groups excluding carboxylic acids is 1. The fraction of sp³-hybridized carbons (Fsp3) is 0.500. The van der Waals surface area contributed by atoms with E-state index in [1.165, 1.54) is 0 Å². The average molecular weight is 359 g/mol. The number of amides is 1. The lowest BCUT2D eigenvalue weighted by Gasteiger charge is -2.19. The number of rotatable bonds is 10. The van der Waals surface area contributed by atoms with Gasteiger partial charge >= 0.3 is 0 Å². The Morgan fingerprint density at radius 3 is 2.58 bits per heavy atom. The maximum Gasteiger partial charge on any atom is 0.273 e. The molecule has 1 atom stereocenters. The van der Waals surface area contributed by atoms with Gasteiger partial charge in [-0.1, -0.05) is 19.0 Å². The monoisotopic (exact) mass is 359 g/mol. The Morgan fingerprint density at radius 2 is 1.96 bits per heavy atom. The molecule has 2 rings (SSSR count). The Balaban J connectivity index is 1.86. The largest absolute Gasteiger partial charge is 0.497 e. The summed E-state index contributed by atoms with van der Waals surface area (Å²) >= 11 is 0. The lowest BCUT2D eigenvalue weighted by atomic mass is 10.1. The molecule has 1 amide bonds. The van der Waals surface area contributed by atoms with Gasteiger partial charge in [0.05, 0.1) is 7.11 Å². The van der Waals surface area contributed by atoms with Gasteiger partial charge in [0.1, 0.15) is 5.75 Å². The standard InChI is InChI=1S/C20H29N3O3/c1-5-23(6-2)13-7-8-15(3)21-20(24)18-14-19(26-22-18)16-9-11-17(25-4)12-10-16/h9-12,14-15H,5-8,13H2,1-4H3,(H,21,24). The van der Waals surface area contributed by atoms with E-state index in [-0.39, 0.29) is 11.9 Å². The zero-order valence-corrected chi connectivity index (χ0v) is 16.1. The van der Waals surface area contributed by atoms with Gasteiger partial charge in [-0.2, -0.15) is 0 Å². The van der Waals surface area contributed by atoms with Crippen molar-refractivity contribution >= 4 is 5.91 Å². The summed E-state index contributed by atoms with van der Waals surface area (Å²) in [5, 5.41) is 6.89. The predicted octanol–water partition coefficient (Wildman–Crippen LogP) is 3.59. The van der Waals surface area contributed by atoms with Crippen LogP contribution < -0.4 is 10.1 Å². The third-order valence-corrected chi connectivity index (χ3v) is 4.50. The van der Waals surface area contributed by atoms with E-state index in [0.29, 0.717) is 11.5 Å². The Bertz CT molecular complexity index is 678. The second-order valence-corrected chi connectivity index (χ2v) is 6.35. The summed E-state index contributed by atoms with van der Waals surface area (Å²) < 4.78 is 10.5. The maximum atomic E-state index is 12.3. The van der Waals surface area contributed by atoms with Crippen LogP contribution >= 0.6 is 0 Å². The van der Waals surface area contributed by atoms with Crippen molar-refractivity contribution in [1.82, 2.24) is 15.4 Å². The molecule has 0 aliphatic carbocycles. The highest BCUT2D eigenvalue weighted by atomic mass is 16.5. The normalized spacial score (nSPS) is 12.2. The molecule has 1 aromatic carbocycles. The number of carbonyl (C=O) groups is 1. The molecule has 0 saturated carbocycles. The number of aromatic nitrogens is 1. The Labute approximate surface area is 155 Å². The molecular weight excluding hydrogens is 330 g/mol. The van der Waals surface area contributed by atoms with Crippen LogP contribution in [0.1, 0.15) is 44.1 Å². The first kappa shape index (κ1) is 20.0. The molecule has 26 heavy (non-hydrogen) atoms. The summed E-state index contributed by atoms with van der Waals surface area (Å²) in [6.07, 6.45) is 1.99. The molecule has 0 aliphatic rings. The zero-order chi connectivity index (χ0) is 18.9. The first-order chi connectivity index (χ1) is 12.6. The number of nitrogens with one attached hydrogen (secondary N) is 1. The van der Waals surface area contributed by atoms with E-state index in [9.17, 15) is 4.79 Å². The van der Waals surface area contributed by atoms with Crippen LogP contribution in [-0.4, -0.2) is 48.7 Å². The van der Waals surface area contributed by atoms with Crippen molar-refractivity contribution in [3.05, 3.63) is 36.0 Å². The van der Waals surface area contributed by atoms with Crippen LogP contribution in [0.3, 0.4) is 0 Å². The molecule has 6 heteroatoms. The minimum atomic E-state index is -0.205. The molecule has 1 N–H and O–H groups in total.